The number of hydrogen-bond donors (Lipinski definition) is 1. The Morgan fingerprint density at radius 2 is 1.76 bits per heavy atom. The van der Waals surface area contributed by atoms with Crippen molar-refractivity contribution in [3.05, 3.63) is 64.0 Å². The summed E-state index contributed by atoms with van der Waals surface area (Å²) in [4.78, 5) is 22.8. The van der Waals surface area contributed by atoms with E-state index in [0.717, 1.165) is 37.4 Å². The van der Waals surface area contributed by atoms with Crippen molar-refractivity contribution in [1.29, 1.82) is 5.26 Å². The van der Waals surface area contributed by atoms with Gasteiger partial charge in [-0.3, -0.25) is 14.9 Å². The molecule has 0 aliphatic carbocycles. The lowest BCUT2D eigenvalue weighted by molar-refractivity contribution is -0.384. The number of rotatable bonds is 6. The second-order valence-electron chi connectivity index (χ2n) is 4.81. The molecule has 10 heteroatoms. The first-order chi connectivity index (χ1) is 13.6. The zero-order valence-corrected chi connectivity index (χ0v) is 17.0. The topological polar surface area (TPSA) is 99.3 Å². The zero-order valence-electron chi connectivity index (χ0n) is 17.0. The van der Waals surface area contributed by atoms with E-state index in [1.54, 1.807) is 6.07 Å². The van der Waals surface area contributed by atoms with E-state index >= 15 is 0 Å². The first kappa shape index (κ1) is 27.9. The third-order valence-electron chi connectivity index (χ3n) is 2.95. The number of carbonyl (C=O) groups excluding carboxylic acids is 1. The van der Waals surface area contributed by atoms with Gasteiger partial charge in [-0.2, -0.15) is 18.4 Å². The number of nitrogens with zero attached hydrogens (tertiary/aromatic N) is 3. The number of nitro benzene ring substituents is 1. The highest BCUT2D eigenvalue weighted by Gasteiger charge is 2.31. The number of nitriles is 1. The Bertz CT molecular complexity index is 751. The van der Waals surface area contributed by atoms with E-state index in [-0.39, 0.29) is 22.6 Å². The molecule has 1 aromatic carbocycles. The fraction of sp³-hybridized carbons (Fsp3) is 0.368. The molecule has 1 N–H and O–H groups in total. The molecule has 7 nitrogen and oxygen atoms in total. The molecule has 29 heavy (non-hydrogen) atoms. The largest absolute Gasteiger partial charge is 0.405 e. The van der Waals surface area contributed by atoms with E-state index in [4.69, 9.17) is 5.26 Å². The van der Waals surface area contributed by atoms with Crippen LogP contribution in [0.25, 0.3) is 0 Å². The molecular weight excluding hydrogens is 389 g/mol. The predicted molar refractivity (Wildman–Crippen MR) is 105 cm³/mol. The Labute approximate surface area is 168 Å². The van der Waals surface area contributed by atoms with Gasteiger partial charge in [-0.15, -0.1) is 0 Å². The Hall–Kier alpha value is -3.35. The molecule has 0 atom stereocenters. The lowest BCUT2D eigenvalue weighted by atomic mass is 10.2. The summed E-state index contributed by atoms with van der Waals surface area (Å²) in [5.74, 6) is -1.20. The van der Waals surface area contributed by atoms with Crippen molar-refractivity contribution in [2.45, 2.75) is 33.9 Å². The second-order valence-corrected chi connectivity index (χ2v) is 4.81. The van der Waals surface area contributed by atoms with Gasteiger partial charge in [0.1, 0.15) is 18.4 Å². The van der Waals surface area contributed by atoms with Gasteiger partial charge in [0.25, 0.3) is 11.6 Å². The molecule has 160 valence electrons. The number of hydrogen-bond acceptors (Lipinski definition) is 5. The van der Waals surface area contributed by atoms with Crippen molar-refractivity contribution in [3.8, 4) is 6.07 Å². The quantitative estimate of drug-likeness (QED) is 0.312. The van der Waals surface area contributed by atoms with Crippen LogP contribution in [-0.2, 0) is 0 Å². The molecule has 0 saturated heterocycles. The Kier molecular flexibility index (Phi) is 13.2. The van der Waals surface area contributed by atoms with Crippen LogP contribution in [0.2, 0.25) is 0 Å². The SMILES string of the molecule is C=C/C(C#N)=C(/NC(=O)c1ccc([N+](=O)[O-])cc1)N(C)CC(F)(F)F.CC.CC. The molecule has 1 rings (SSSR count). The van der Waals surface area contributed by atoms with E-state index in [1.165, 1.54) is 0 Å². The fourth-order valence-electron chi connectivity index (χ4n) is 1.83. The number of amides is 1. The molecular formula is C19H25F3N4O3. The highest BCUT2D eigenvalue weighted by molar-refractivity contribution is 5.95. The summed E-state index contributed by atoms with van der Waals surface area (Å²) in [5, 5.41) is 21.8. The van der Waals surface area contributed by atoms with E-state index in [2.05, 4.69) is 11.9 Å². The molecule has 0 unspecified atom stereocenters. The third kappa shape index (κ3) is 9.95. The summed E-state index contributed by atoms with van der Waals surface area (Å²) < 4.78 is 37.7. The number of carbonyl (C=O) groups is 1. The van der Waals surface area contributed by atoms with Crippen molar-refractivity contribution < 1.29 is 22.9 Å². The maximum absolute atomic E-state index is 12.6. The monoisotopic (exact) mass is 414 g/mol. The van der Waals surface area contributed by atoms with Crippen molar-refractivity contribution in [3.63, 3.8) is 0 Å². The first-order valence-corrected chi connectivity index (χ1v) is 8.69. The second kappa shape index (κ2) is 13.8. The van der Waals surface area contributed by atoms with Crippen LogP contribution >= 0.6 is 0 Å². The molecule has 0 heterocycles. The van der Waals surface area contributed by atoms with Crippen LogP contribution < -0.4 is 5.32 Å². The van der Waals surface area contributed by atoms with Gasteiger partial charge in [0.2, 0.25) is 0 Å². The van der Waals surface area contributed by atoms with Crippen molar-refractivity contribution in [2.24, 2.45) is 0 Å². The van der Waals surface area contributed by atoms with E-state index < -0.39 is 23.6 Å². The maximum Gasteiger partial charge on any atom is 0.405 e. The molecule has 0 aliphatic rings. The van der Waals surface area contributed by atoms with Crippen LogP contribution in [-0.4, -0.2) is 35.5 Å². The number of nitrogens with one attached hydrogen (secondary N) is 1. The standard InChI is InChI=1S/C15H13F3N4O3.2C2H6/c1-3-10(8-19)13(21(2)9-15(16,17)18)20-14(23)11-4-6-12(7-5-11)22(24)25;2*1-2/h3-7H,1,9H2,2H3,(H,20,23);2*1-2H3/b13-10+;;. The van der Waals surface area contributed by atoms with Gasteiger partial charge in [0.15, 0.2) is 0 Å². The van der Waals surface area contributed by atoms with Crippen LogP contribution in [0.5, 0.6) is 0 Å². The van der Waals surface area contributed by atoms with Crippen LogP contribution in [0.15, 0.2) is 48.3 Å². The summed E-state index contributed by atoms with van der Waals surface area (Å²) in [7, 11) is 1.06. The number of allylic oxidation sites excluding steroid dienone is 2. The van der Waals surface area contributed by atoms with Crippen LogP contribution in [0.1, 0.15) is 38.1 Å². The molecule has 0 bridgehead atoms. The number of nitro groups is 1. The maximum atomic E-state index is 12.6. The number of alkyl halides is 3. The summed E-state index contributed by atoms with van der Waals surface area (Å²) in [5.41, 5.74) is -0.530. The number of benzene rings is 1. The average Bonchev–Trinajstić information content (AvgIpc) is 2.69. The molecule has 0 aliphatic heterocycles. The van der Waals surface area contributed by atoms with Gasteiger partial charge in [0.05, 0.1) is 10.5 Å². The average molecular weight is 414 g/mol. The molecule has 0 radical (unpaired) electrons. The minimum absolute atomic E-state index is 0.0233. The van der Waals surface area contributed by atoms with Crippen LogP contribution in [0.4, 0.5) is 18.9 Å². The Balaban J connectivity index is 0. The molecule has 1 aromatic rings. The molecule has 0 fully saturated rings. The minimum Gasteiger partial charge on any atom is -0.351 e. The van der Waals surface area contributed by atoms with Crippen LogP contribution in [0.3, 0.4) is 0 Å². The lowest BCUT2D eigenvalue weighted by Gasteiger charge is -2.25. The molecule has 0 saturated carbocycles. The molecule has 0 spiro atoms. The summed E-state index contributed by atoms with van der Waals surface area (Å²) >= 11 is 0. The molecule has 0 aromatic heterocycles. The fourth-order valence-corrected chi connectivity index (χ4v) is 1.83. The van der Waals surface area contributed by atoms with Crippen molar-refractivity contribution >= 4 is 11.6 Å². The lowest BCUT2D eigenvalue weighted by Crippen LogP contribution is -2.39. The van der Waals surface area contributed by atoms with E-state index in [0.29, 0.717) is 4.90 Å². The van der Waals surface area contributed by atoms with Crippen molar-refractivity contribution in [2.75, 3.05) is 13.6 Å². The van der Waals surface area contributed by atoms with Gasteiger partial charge in [-0.1, -0.05) is 34.3 Å². The highest BCUT2D eigenvalue weighted by Crippen LogP contribution is 2.19. The Morgan fingerprint density at radius 1 is 1.28 bits per heavy atom. The number of halogens is 3. The normalized spacial score (nSPS) is 10.6. The van der Waals surface area contributed by atoms with E-state index in [9.17, 15) is 28.1 Å². The number of non-ortho nitro benzene ring substituents is 1. The summed E-state index contributed by atoms with van der Waals surface area (Å²) in [6, 6.07) is 6.10. The van der Waals surface area contributed by atoms with E-state index in [1.807, 2.05) is 27.7 Å². The summed E-state index contributed by atoms with van der Waals surface area (Å²) in [6.45, 7) is 9.93. The molecule has 1 amide bonds. The predicted octanol–water partition coefficient (Wildman–Crippen LogP) is 4.79. The van der Waals surface area contributed by atoms with Crippen molar-refractivity contribution in [1.82, 2.24) is 10.2 Å². The van der Waals surface area contributed by atoms with Gasteiger partial charge >= 0.3 is 6.18 Å². The van der Waals surface area contributed by atoms with Gasteiger partial charge in [0, 0.05) is 24.7 Å². The van der Waals surface area contributed by atoms with Gasteiger partial charge in [-0.25, -0.2) is 0 Å². The third-order valence-corrected chi connectivity index (χ3v) is 2.95. The van der Waals surface area contributed by atoms with Crippen LogP contribution in [0, 0.1) is 21.4 Å². The summed E-state index contributed by atoms with van der Waals surface area (Å²) in [6.07, 6.45) is -3.54. The minimum atomic E-state index is -4.56. The van der Waals surface area contributed by atoms with Gasteiger partial charge < -0.3 is 10.2 Å². The Morgan fingerprint density at radius 3 is 2.10 bits per heavy atom. The first-order valence-electron chi connectivity index (χ1n) is 8.69. The highest BCUT2D eigenvalue weighted by atomic mass is 19.4. The zero-order chi connectivity index (χ0) is 23.2. The van der Waals surface area contributed by atoms with Gasteiger partial charge in [-0.05, 0) is 18.2 Å². The smallest absolute Gasteiger partial charge is 0.351 e.